The van der Waals surface area contributed by atoms with E-state index in [0.29, 0.717) is 25.9 Å². The van der Waals surface area contributed by atoms with E-state index < -0.39 is 0 Å². The molecule has 0 spiro atoms. The topological polar surface area (TPSA) is 65.2 Å². The number of hydrogen-bond acceptors (Lipinski definition) is 3. The quantitative estimate of drug-likeness (QED) is 0.668. The minimum absolute atomic E-state index is 0.0579. The van der Waals surface area contributed by atoms with Crippen LogP contribution in [0.4, 0.5) is 0 Å². The number of benzene rings is 1. The first-order valence-electron chi connectivity index (χ1n) is 9.83. The molecule has 1 aliphatic heterocycles. The zero-order valence-corrected chi connectivity index (χ0v) is 16.6. The van der Waals surface area contributed by atoms with Crippen LogP contribution in [-0.2, 0) is 22.6 Å². The van der Waals surface area contributed by atoms with Crippen molar-refractivity contribution in [2.75, 3.05) is 13.1 Å². The number of para-hydroxylation sites is 1. The van der Waals surface area contributed by atoms with Gasteiger partial charge in [0.05, 0.1) is 12.5 Å². The Bertz CT molecular complexity index is 948. The summed E-state index contributed by atoms with van der Waals surface area (Å²) in [6.07, 6.45) is 4.92. The van der Waals surface area contributed by atoms with E-state index in [1.165, 1.54) is 10.9 Å². The van der Waals surface area contributed by atoms with Gasteiger partial charge in [-0.25, -0.2) is 0 Å². The number of amides is 2. The van der Waals surface area contributed by atoms with Crippen LogP contribution in [-0.4, -0.2) is 34.8 Å². The first kappa shape index (κ1) is 18.7. The van der Waals surface area contributed by atoms with Crippen molar-refractivity contribution in [3.05, 3.63) is 58.4 Å². The van der Waals surface area contributed by atoms with Gasteiger partial charge in [0.25, 0.3) is 0 Å². The summed E-state index contributed by atoms with van der Waals surface area (Å²) in [6.45, 7) is 1.85. The maximum Gasteiger partial charge on any atom is 0.225 e. The minimum atomic E-state index is -0.106. The normalized spacial score (nSPS) is 17.0. The average Bonchev–Trinajstić information content (AvgIpc) is 3.40. The lowest BCUT2D eigenvalue weighted by molar-refractivity contribution is -0.135. The minimum Gasteiger partial charge on any atom is -0.361 e. The molecule has 0 aliphatic carbocycles. The lowest BCUT2D eigenvalue weighted by Gasteiger charge is -2.32. The number of piperidine rings is 1. The van der Waals surface area contributed by atoms with Crippen LogP contribution in [0.1, 0.15) is 29.7 Å². The SMILES string of the molecule is O=C(NCc1cccs1)C1CCCN(C(=O)CCc2c[nH]c3ccccc23)C1. The second-order valence-electron chi connectivity index (χ2n) is 7.34. The van der Waals surface area contributed by atoms with Gasteiger partial charge >= 0.3 is 0 Å². The highest BCUT2D eigenvalue weighted by Gasteiger charge is 2.28. The van der Waals surface area contributed by atoms with Crippen LogP contribution in [0.3, 0.4) is 0 Å². The highest BCUT2D eigenvalue weighted by atomic mass is 32.1. The van der Waals surface area contributed by atoms with E-state index in [0.717, 1.165) is 29.8 Å². The van der Waals surface area contributed by atoms with Gasteiger partial charge in [0.1, 0.15) is 0 Å². The van der Waals surface area contributed by atoms with Gasteiger partial charge in [-0.1, -0.05) is 24.3 Å². The molecule has 1 saturated heterocycles. The van der Waals surface area contributed by atoms with Crippen molar-refractivity contribution in [1.82, 2.24) is 15.2 Å². The van der Waals surface area contributed by atoms with E-state index >= 15 is 0 Å². The number of carbonyl (C=O) groups is 2. The van der Waals surface area contributed by atoms with Crippen molar-refractivity contribution in [1.29, 1.82) is 0 Å². The van der Waals surface area contributed by atoms with Crippen LogP contribution in [0.25, 0.3) is 10.9 Å². The molecule has 4 rings (SSSR count). The Balaban J connectivity index is 1.29. The maximum absolute atomic E-state index is 12.7. The Hall–Kier alpha value is -2.60. The molecule has 3 heterocycles. The number of nitrogens with zero attached hydrogens (tertiary/aromatic N) is 1. The summed E-state index contributed by atoms with van der Waals surface area (Å²) < 4.78 is 0. The summed E-state index contributed by atoms with van der Waals surface area (Å²) in [4.78, 5) is 31.5. The largest absolute Gasteiger partial charge is 0.361 e. The average molecular weight is 396 g/mol. The van der Waals surface area contributed by atoms with E-state index in [1.54, 1.807) is 11.3 Å². The van der Waals surface area contributed by atoms with E-state index in [4.69, 9.17) is 0 Å². The number of aromatic amines is 1. The molecule has 2 amide bonds. The Morgan fingerprint density at radius 3 is 2.96 bits per heavy atom. The Kier molecular flexibility index (Phi) is 5.76. The predicted octanol–water partition coefficient (Wildman–Crippen LogP) is 3.72. The highest BCUT2D eigenvalue weighted by molar-refractivity contribution is 7.09. The smallest absolute Gasteiger partial charge is 0.225 e. The molecule has 1 atom stereocenters. The van der Waals surface area contributed by atoms with Crippen molar-refractivity contribution in [3.63, 3.8) is 0 Å². The van der Waals surface area contributed by atoms with Crippen molar-refractivity contribution in [2.45, 2.75) is 32.2 Å². The van der Waals surface area contributed by atoms with Gasteiger partial charge in [-0.05, 0) is 42.3 Å². The molecule has 1 unspecified atom stereocenters. The van der Waals surface area contributed by atoms with Gasteiger partial charge in [-0.3, -0.25) is 9.59 Å². The third-order valence-corrected chi connectivity index (χ3v) is 6.32. The number of aromatic nitrogens is 1. The van der Waals surface area contributed by atoms with Crippen molar-refractivity contribution in [3.8, 4) is 0 Å². The predicted molar refractivity (Wildman–Crippen MR) is 112 cm³/mol. The number of rotatable bonds is 6. The van der Waals surface area contributed by atoms with Crippen LogP contribution in [0.15, 0.2) is 48.0 Å². The van der Waals surface area contributed by atoms with E-state index in [9.17, 15) is 9.59 Å². The van der Waals surface area contributed by atoms with Crippen LogP contribution >= 0.6 is 11.3 Å². The fourth-order valence-electron chi connectivity index (χ4n) is 3.89. The summed E-state index contributed by atoms with van der Waals surface area (Å²) >= 11 is 1.64. The monoisotopic (exact) mass is 395 g/mol. The molecule has 3 aromatic rings. The fourth-order valence-corrected chi connectivity index (χ4v) is 4.53. The molecule has 1 aliphatic rings. The number of H-pyrrole nitrogens is 1. The number of hydrogen-bond donors (Lipinski definition) is 2. The summed E-state index contributed by atoms with van der Waals surface area (Å²) in [5.74, 6) is 0.0920. The molecule has 2 aromatic heterocycles. The molecule has 146 valence electrons. The number of fused-ring (bicyclic) bond motifs is 1. The van der Waals surface area contributed by atoms with Gasteiger partial charge in [-0.15, -0.1) is 11.3 Å². The molecule has 1 fully saturated rings. The molecule has 2 N–H and O–H groups in total. The zero-order chi connectivity index (χ0) is 19.3. The number of likely N-dealkylation sites (tertiary alicyclic amines) is 1. The van der Waals surface area contributed by atoms with E-state index in [1.807, 2.05) is 46.8 Å². The molecular weight excluding hydrogens is 370 g/mol. The van der Waals surface area contributed by atoms with Crippen LogP contribution in [0, 0.1) is 5.92 Å². The second-order valence-corrected chi connectivity index (χ2v) is 8.37. The highest BCUT2D eigenvalue weighted by Crippen LogP contribution is 2.21. The Morgan fingerprint density at radius 2 is 2.11 bits per heavy atom. The first-order chi connectivity index (χ1) is 13.7. The van der Waals surface area contributed by atoms with Crippen molar-refractivity contribution in [2.24, 2.45) is 5.92 Å². The molecule has 1 aromatic carbocycles. The van der Waals surface area contributed by atoms with Gasteiger partial charge in [0.15, 0.2) is 0 Å². The van der Waals surface area contributed by atoms with Gasteiger partial charge < -0.3 is 15.2 Å². The standard InChI is InChI=1S/C22H25N3O2S/c26-21(10-9-16-13-23-20-8-2-1-7-19(16)20)25-11-3-5-17(15-25)22(27)24-14-18-6-4-12-28-18/h1-2,4,6-8,12-13,17,23H,3,5,9-11,14-15H2,(H,24,27). The third kappa shape index (κ3) is 4.28. The van der Waals surface area contributed by atoms with Crippen LogP contribution in [0.5, 0.6) is 0 Å². The van der Waals surface area contributed by atoms with Crippen molar-refractivity contribution < 1.29 is 9.59 Å². The number of carbonyl (C=O) groups excluding carboxylic acids is 2. The van der Waals surface area contributed by atoms with Gasteiger partial charge in [0.2, 0.25) is 11.8 Å². The first-order valence-corrected chi connectivity index (χ1v) is 10.7. The summed E-state index contributed by atoms with van der Waals surface area (Å²) in [5, 5.41) is 6.21. The number of thiophene rings is 1. The van der Waals surface area contributed by atoms with E-state index in [-0.39, 0.29) is 17.7 Å². The van der Waals surface area contributed by atoms with Gasteiger partial charge in [0, 0.05) is 41.5 Å². The summed E-state index contributed by atoms with van der Waals surface area (Å²) in [5.41, 5.74) is 2.27. The molecule has 0 saturated carbocycles. The zero-order valence-electron chi connectivity index (χ0n) is 15.8. The van der Waals surface area contributed by atoms with E-state index in [2.05, 4.69) is 16.4 Å². The molecule has 5 nitrogen and oxygen atoms in total. The number of nitrogens with one attached hydrogen (secondary N) is 2. The summed E-state index contributed by atoms with van der Waals surface area (Å²) in [7, 11) is 0. The second kappa shape index (κ2) is 8.61. The number of aryl methyl sites for hydroxylation is 1. The molecule has 6 heteroatoms. The third-order valence-electron chi connectivity index (χ3n) is 5.44. The maximum atomic E-state index is 12.7. The van der Waals surface area contributed by atoms with Crippen LogP contribution < -0.4 is 5.32 Å². The molecule has 0 bridgehead atoms. The fraction of sp³-hybridized carbons (Fsp3) is 0.364. The van der Waals surface area contributed by atoms with Gasteiger partial charge in [-0.2, -0.15) is 0 Å². The lowest BCUT2D eigenvalue weighted by atomic mass is 9.96. The van der Waals surface area contributed by atoms with Crippen molar-refractivity contribution >= 4 is 34.1 Å². The Morgan fingerprint density at radius 1 is 1.21 bits per heavy atom. The Labute approximate surface area is 168 Å². The molecule has 0 radical (unpaired) electrons. The lowest BCUT2D eigenvalue weighted by Crippen LogP contribution is -2.45. The van der Waals surface area contributed by atoms with Crippen LogP contribution in [0.2, 0.25) is 0 Å². The summed E-state index contributed by atoms with van der Waals surface area (Å²) in [6, 6.07) is 12.2. The molecule has 28 heavy (non-hydrogen) atoms. The molecular formula is C22H25N3O2S.